The standard InChI is InChI=1S/C12H21ClN4/c1-5-8(4)15-12-10(14)11(13)16-9(17-12)6-7(2)3/h7-8H,5-6,14H2,1-4H3,(H,15,16,17). The molecule has 0 fully saturated rings. The van der Waals surface area contributed by atoms with E-state index >= 15 is 0 Å². The molecule has 17 heavy (non-hydrogen) atoms. The molecule has 1 aromatic rings. The lowest BCUT2D eigenvalue weighted by atomic mass is 10.1. The van der Waals surface area contributed by atoms with E-state index in [1.165, 1.54) is 0 Å². The Labute approximate surface area is 108 Å². The van der Waals surface area contributed by atoms with E-state index in [2.05, 4.69) is 43.0 Å². The fourth-order valence-corrected chi connectivity index (χ4v) is 1.57. The molecular weight excluding hydrogens is 236 g/mol. The van der Waals surface area contributed by atoms with E-state index in [9.17, 15) is 0 Å². The maximum absolute atomic E-state index is 6.01. The first-order valence-electron chi connectivity index (χ1n) is 6.02. The molecule has 0 spiro atoms. The van der Waals surface area contributed by atoms with Crippen molar-refractivity contribution in [1.29, 1.82) is 0 Å². The smallest absolute Gasteiger partial charge is 0.157 e. The summed E-state index contributed by atoms with van der Waals surface area (Å²) in [6, 6.07) is 0.315. The van der Waals surface area contributed by atoms with Crippen molar-refractivity contribution in [3.8, 4) is 0 Å². The maximum atomic E-state index is 6.01. The Balaban J connectivity index is 2.98. The van der Waals surface area contributed by atoms with Crippen LogP contribution in [-0.4, -0.2) is 16.0 Å². The van der Waals surface area contributed by atoms with Gasteiger partial charge in [-0.3, -0.25) is 0 Å². The zero-order chi connectivity index (χ0) is 13.0. The minimum absolute atomic E-state index is 0.315. The summed E-state index contributed by atoms with van der Waals surface area (Å²) in [7, 11) is 0. The fourth-order valence-electron chi connectivity index (χ4n) is 1.39. The van der Waals surface area contributed by atoms with Gasteiger partial charge in [-0.15, -0.1) is 0 Å². The molecule has 0 radical (unpaired) electrons. The average Bonchev–Trinajstić information content (AvgIpc) is 2.24. The number of hydrogen-bond acceptors (Lipinski definition) is 4. The van der Waals surface area contributed by atoms with Gasteiger partial charge in [0.2, 0.25) is 0 Å². The van der Waals surface area contributed by atoms with Gasteiger partial charge in [0.05, 0.1) is 0 Å². The molecule has 0 saturated carbocycles. The zero-order valence-corrected chi connectivity index (χ0v) is 11.7. The van der Waals surface area contributed by atoms with Gasteiger partial charge in [0.25, 0.3) is 0 Å². The molecule has 1 heterocycles. The first-order chi connectivity index (χ1) is 7.93. The molecule has 0 amide bonds. The zero-order valence-electron chi connectivity index (χ0n) is 10.9. The molecule has 1 rings (SSSR count). The number of nitrogens with two attached hydrogens (primary N) is 1. The number of nitrogens with zero attached hydrogens (tertiary/aromatic N) is 2. The van der Waals surface area contributed by atoms with Crippen molar-refractivity contribution >= 4 is 23.1 Å². The van der Waals surface area contributed by atoms with E-state index in [0.29, 0.717) is 28.6 Å². The fraction of sp³-hybridized carbons (Fsp3) is 0.667. The van der Waals surface area contributed by atoms with Crippen LogP contribution in [0.4, 0.5) is 11.5 Å². The van der Waals surface area contributed by atoms with Crippen molar-refractivity contribution in [2.45, 2.75) is 46.6 Å². The van der Waals surface area contributed by atoms with Crippen molar-refractivity contribution in [3.63, 3.8) is 0 Å². The summed E-state index contributed by atoms with van der Waals surface area (Å²) in [6.45, 7) is 8.42. The molecule has 0 aliphatic heterocycles. The van der Waals surface area contributed by atoms with Crippen molar-refractivity contribution in [1.82, 2.24) is 9.97 Å². The second kappa shape index (κ2) is 6.05. The van der Waals surface area contributed by atoms with E-state index in [1.807, 2.05) is 0 Å². The van der Waals surface area contributed by atoms with Crippen LogP contribution in [0, 0.1) is 5.92 Å². The van der Waals surface area contributed by atoms with Crippen LogP contribution in [0.3, 0.4) is 0 Å². The summed E-state index contributed by atoms with van der Waals surface area (Å²) in [5.74, 6) is 1.88. The van der Waals surface area contributed by atoms with Gasteiger partial charge < -0.3 is 11.1 Å². The van der Waals surface area contributed by atoms with Crippen LogP contribution in [0.25, 0.3) is 0 Å². The molecule has 0 saturated heterocycles. The molecule has 0 bridgehead atoms. The topological polar surface area (TPSA) is 63.8 Å². The first kappa shape index (κ1) is 14.0. The van der Waals surface area contributed by atoms with Gasteiger partial charge in [-0.25, -0.2) is 9.97 Å². The predicted molar refractivity (Wildman–Crippen MR) is 73.4 cm³/mol. The average molecular weight is 257 g/mol. The number of aromatic nitrogens is 2. The van der Waals surface area contributed by atoms with Crippen LogP contribution >= 0.6 is 11.6 Å². The lowest BCUT2D eigenvalue weighted by molar-refractivity contribution is 0.620. The van der Waals surface area contributed by atoms with Crippen LogP contribution in [0.1, 0.15) is 39.9 Å². The lowest BCUT2D eigenvalue weighted by Gasteiger charge is -2.15. The van der Waals surface area contributed by atoms with Gasteiger partial charge in [0, 0.05) is 12.5 Å². The highest BCUT2D eigenvalue weighted by Crippen LogP contribution is 2.25. The third-order valence-corrected chi connectivity index (χ3v) is 2.82. The Kier molecular flexibility index (Phi) is 5.00. The van der Waals surface area contributed by atoms with E-state index < -0.39 is 0 Å². The maximum Gasteiger partial charge on any atom is 0.157 e. The van der Waals surface area contributed by atoms with Crippen LogP contribution in [0.5, 0.6) is 0 Å². The highest BCUT2D eigenvalue weighted by molar-refractivity contribution is 6.32. The molecule has 1 atom stereocenters. The molecule has 0 aromatic carbocycles. The Morgan fingerprint density at radius 2 is 1.94 bits per heavy atom. The summed E-state index contributed by atoms with van der Waals surface area (Å²) in [6.07, 6.45) is 1.80. The summed E-state index contributed by atoms with van der Waals surface area (Å²) in [4.78, 5) is 8.63. The van der Waals surface area contributed by atoms with E-state index in [1.54, 1.807) is 0 Å². The number of halogens is 1. The summed E-state index contributed by atoms with van der Waals surface area (Å²) in [5.41, 5.74) is 6.30. The molecule has 1 unspecified atom stereocenters. The van der Waals surface area contributed by atoms with Crippen molar-refractivity contribution in [2.24, 2.45) is 5.92 Å². The minimum Gasteiger partial charge on any atom is -0.393 e. The molecule has 96 valence electrons. The van der Waals surface area contributed by atoms with Crippen LogP contribution < -0.4 is 11.1 Å². The van der Waals surface area contributed by atoms with Gasteiger partial charge in [-0.2, -0.15) is 0 Å². The quantitative estimate of drug-likeness (QED) is 0.795. The lowest BCUT2D eigenvalue weighted by Crippen LogP contribution is -2.17. The van der Waals surface area contributed by atoms with E-state index in [-0.39, 0.29) is 0 Å². The largest absolute Gasteiger partial charge is 0.393 e. The number of rotatable bonds is 5. The molecule has 4 nitrogen and oxygen atoms in total. The van der Waals surface area contributed by atoms with Gasteiger partial charge in [-0.1, -0.05) is 32.4 Å². The normalized spacial score (nSPS) is 12.8. The highest BCUT2D eigenvalue weighted by Gasteiger charge is 2.12. The summed E-state index contributed by atoms with van der Waals surface area (Å²) in [5, 5.41) is 3.59. The van der Waals surface area contributed by atoms with Crippen molar-refractivity contribution in [2.75, 3.05) is 11.1 Å². The number of nitrogens with one attached hydrogen (secondary N) is 1. The Morgan fingerprint density at radius 1 is 1.29 bits per heavy atom. The molecule has 0 aliphatic carbocycles. The number of nitrogen functional groups attached to an aromatic ring is 1. The predicted octanol–water partition coefficient (Wildman–Crippen LogP) is 3.12. The van der Waals surface area contributed by atoms with Crippen LogP contribution in [0.15, 0.2) is 0 Å². The SMILES string of the molecule is CCC(C)Nc1nc(CC(C)C)nc(Cl)c1N. The third kappa shape index (κ3) is 4.04. The molecule has 5 heteroatoms. The van der Waals surface area contributed by atoms with E-state index in [4.69, 9.17) is 17.3 Å². The minimum atomic E-state index is 0.315. The molecular formula is C12H21ClN4. The van der Waals surface area contributed by atoms with E-state index in [0.717, 1.165) is 18.7 Å². The van der Waals surface area contributed by atoms with Gasteiger partial charge in [0.15, 0.2) is 11.0 Å². The van der Waals surface area contributed by atoms with Gasteiger partial charge >= 0.3 is 0 Å². The summed E-state index contributed by atoms with van der Waals surface area (Å²) < 4.78 is 0. The molecule has 1 aromatic heterocycles. The highest BCUT2D eigenvalue weighted by atomic mass is 35.5. The van der Waals surface area contributed by atoms with Crippen LogP contribution in [0.2, 0.25) is 5.15 Å². The molecule has 0 aliphatic rings. The van der Waals surface area contributed by atoms with Crippen molar-refractivity contribution in [3.05, 3.63) is 11.0 Å². The Morgan fingerprint density at radius 3 is 2.47 bits per heavy atom. The number of anilines is 2. The Bertz CT molecular complexity index is 379. The monoisotopic (exact) mass is 256 g/mol. The first-order valence-corrected chi connectivity index (χ1v) is 6.40. The Hall–Kier alpha value is -1.03. The second-order valence-electron chi connectivity index (χ2n) is 4.74. The molecule has 3 N–H and O–H groups in total. The number of hydrogen-bond donors (Lipinski definition) is 2. The summed E-state index contributed by atoms with van der Waals surface area (Å²) >= 11 is 6.01. The van der Waals surface area contributed by atoms with Gasteiger partial charge in [-0.05, 0) is 19.3 Å². The third-order valence-electron chi connectivity index (χ3n) is 2.53. The van der Waals surface area contributed by atoms with Crippen molar-refractivity contribution < 1.29 is 0 Å². The van der Waals surface area contributed by atoms with Crippen LogP contribution in [-0.2, 0) is 6.42 Å². The van der Waals surface area contributed by atoms with Gasteiger partial charge in [0.1, 0.15) is 11.5 Å². The second-order valence-corrected chi connectivity index (χ2v) is 5.10.